The van der Waals surface area contributed by atoms with Crippen molar-refractivity contribution in [1.82, 2.24) is 24.5 Å². The standard InChI is InChI=1S/C22H18F5N5O/c1-14(32-9-8-20(30-32)16-4-2-3-5-17(16)22(25,26)27)21(33,11-31-13-28-12-29-31)18-7-6-15(23)10-19(18)24/h2-10,12-14,33H,11H2,1H3/t14-,21-/m1/s1. The van der Waals surface area contributed by atoms with Crippen LogP contribution in [0.5, 0.6) is 0 Å². The molecule has 0 bridgehead atoms. The summed E-state index contributed by atoms with van der Waals surface area (Å²) in [4.78, 5) is 3.80. The Balaban J connectivity index is 1.77. The number of aromatic nitrogens is 5. The fraction of sp³-hybridized carbons (Fsp3) is 0.227. The molecule has 4 rings (SSSR count). The molecule has 0 saturated heterocycles. The number of benzene rings is 2. The molecular weight excluding hydrogens is 445 g/mol. The van der Waals surface area contributed by atoms with Crippen LogP contribution in [0.1, 0.15) is 24.1 Å². The number of hydrogen-bond acceptors (Lipinski definition) is 4. The summed E-state index contributed by atoms with van der Waals surface area (Å²) in [7, 11) is 0. The summed E-state index contributed by atoms with van der Waals surface area (Å²) in [5.41, 5.74) is -3.19. The van der Waals surface area contributed by atoms with Crippen LogP contribution in [0.3, 0.4) is 0 Å². The zero-order valence-electron chi connectivity index (χ0n) is 17.2. The van der Waals surface area contributed by atoms with Gasteiger partial charge in [-0.15, -0.1) is 0 Å². The summed E-state index contributed by atoms with van der Waals surface area (Å²) < 4.78 is 71.0. The first-order chi connectivity index (χ1) is 15.6. The van der Waals surface area contributed by atoms with Crippen molar-refractivity contribution in [2.24, 2.45) is 0 Å². The van der Waals surface area contributed by atoms with Gasteiger partial charge in [-0.2, -0.15) is 23.4 Å². The van der Waals surface area contributed by atoms with E-state index in [1.807, 2.05) is 0 Å². The molecule has 0 spiro atoms. The predicted octanol–water partition coefficient (Wildman–Crippen LogP) is 4.59. The number of hydrogen-bond donors (Lipinski definition) is 1. The first-order valence-corrected chi connectivity index (χ1v) is 9.81. The summed E-state index contributed by atoms with van der Waals surface area (Å²) in [6.07, 6.45) is -0.655. The Morgan fingerprint density at radius 1 is 1.03 bits per heavy atom. The second kappa shape index (κ2) is 8.39. The van der Waals surface area contributed by atoms with Crippen molar-refractivity contribution in [2.45, 2.75) is 31.3 Å². The highest BCUT2D eigenvalue weighted by Gasteiger charge is 2.41. The maximum absolute atomic E-state index is 14.7. The van der Waals surface area contributed by atoms with E-state index in [0.29, 0.717) is 6.07 Å². The Bertz CT molecular complexity index is 1250. The molecule has 11 heteroatoms. The lowest BCUT2D eigenvalue weighted by Gasteiger charge is -2.34. The van der Waals surface area contributed by atoms with Crippen molar-refractivity contribution < 1.29 is 27.1 Å². The van der Waals surface area contributed by atoms with Gasteiger partial charge >= 0.3 is 6.18 Å². The molecule has 4 aromatic rings. The van der Waals surface area contributed by atoms with Gasteiger partial charge in [-0.3, -0.25) is 4.68 Å². The molecule has 1 N–H and O–H groups in total. The molecule has 0 aliphatic rings. The normalized spacial score (nSPS) is 14.8. The van der Waals surface area contributed by atoms with Crippen LogP contribution in [0.25, 0.3) is 11.3 Å². The summed E-state index contributed by atoms with van der Waals surface area (Å²) in [5.74, 6) is -1.81. The molecule has 0 amide bonds. The van der Waals surface area contributed by atoms with Gasteiger partial charge < -0.3 is 5.11 Å². The van der Waals surface area contributed by atoms with Crippen LogP contribution in [0.15, 0.2) is 67.4 Å². The van der Waals surface area contributed by atoms with Crippen LogP contribution < -0.4 is 0 Å². The number of alkyl halides is 3. The highest BCUT2D eigenvalue weighted by molar-refractivity contribution is 5.64. The summed E-state index contributed by atoms with van der Waals surface area (Å²) >= 11 is 0. The molecule has 6 nitrogen and oxygen atoms in total. The van der Waals surface area contributed by atoms with E-state index in [1.165, 1.54) is 59.4 Å². The highest BCUT2D eigenvalue weighted by atomic mass is 19.4. The Labute approximate surface area is 184 Å². The third-order valence-corrected chi connectivity index (χ3v) is 5.47. The molecule has 0 fully saturated rings. The van der Waals surface area contributed by atoms with E-state index in [1.54, 1.807) is 0 Å². The van der Waals surface area contributed by atoms with Gasteiger partial charge in [0.2, 0.25) is 0 Å². The number of nitrogens with zero attached hydrogens (tertiary/aromatic N) is 5. The second-order valence-electron chi connectivity index (χ2n) is 7.54. The molecule has 2 aromatic carbocycles. The average molecular weight is 463 g/mol. The van der Waals surface area contributed by atoms with Crippen LogP contribution in [-0.4, -0.2) is 29.7 Å². The van der Waals surface area contributed by atoms with Gasteiger partial charge in [0, 0.05) is 23.4 Å². The maximum Gasteiger partial charge on any atom is 0.417 e. The Morgan fingerprint density at radius 2 is 1.79 bits per heavy atom. The minimum Gasteiger partial charge on any atom is -0.381 e. The van der Waals surface area contributed by atoms with E-state index < -0.39 is 35.0 Å². The van der Waals surface area contributed by atoms with Crippen LogP contribution in [0.4, 0.5) is 22.0 Å². The molecule has 2 atom stereocenters. The van der Waals surface area contributed by atoms with E-state index in [9.17, 15) is 27.1 Å². The first-order valence-electron chi connectivity index (χ1n) is 9.81. The van der Waals surface area contributed by atoms with Crippen molar-refractivity contribution in [1.29, 1.82) is 0 Å². The van der Waals surface area contributed by atoms with Crippen LogP contribution >= 0.6 is 0 Å². The number of rotatable bonds is 6. The van der Waals surface area contributed by atoms with Crippen molar-refractivity contribution >= 4 is 0 Å². The van der Waals surface area contributed by atoms with E-state index in [4.69, 9.17) is 0 Å². The van der Waals surface area contributed by atoms with Crippen molar-refractivity contribution in [3.63, 3.8) is 0 Å². The fourth-order valence-electron chi connectivity index (χ4n) is 3.71. The molecule has 2 aromatic heterocycles. The molecule has 0 aliphatic carbocycles. The molecule has 2 heterocycles. The lowest BCUT2D eigenvalue weighted by molar-refractivity contribution is -0.137. The van der Waals surface area contributed by atoms with E-state index >= 15 is 0 Å². The van der Waals surface area contributed by atoms with Crippen LogP contribution in [0, 0.1) is 11.6 Å². The molecule has 33 heavy (non-hydrogen) atoms. The third kappa shape index (κ3) is 4.36. The minimum atomic E-state index is -4.59. The molecule has 172 valence electrons. The van der Waals surface area contributed by atoms with Crippen molar-refractivity contribution in [2.75, 3.05) is 0 Å². The summed E-state index contributed by atoms with van der Waals surface area (Å²) in [6, 6.07) is 8.12. The predicted molar refractivity (Wildman–Crippen MR) is 108 cm³/mol. The van der Waals surface area contributed by atoms with Crippen molar-refractivity contribution in [3.05, 3.63) is 90.1 Å². The minimum absolute atomic E-state index is 0.0254. The second-order valence-corrected chi connectivity index (χ2v) is 7.54. The van der Waals surface area contributed by atoms with Crippen molar-refractivity contribution in [3.8, 4) is 11.3 Å². The number of halogens is 5. The largest absolute Gasteiger partial charge is 0.417 e. The highest BCUT2D eigenvalue weighted by Crippen LogP contribution is 2.39. The van der Waals surface area contributed by atoms with Gasteiger partial charge in [-0.25, -0.2) is 18.4 Å². The maximum atomic E-state index is 14.7. The third-order valence-electron chi connectivity index (χ3n) is 5.47. The van der Waals surface area contributed by atoms with Gasteiger partial charge in [0.05, 0.1) is 23.8 Å². The summed E-state index contributed by atoms with van der Waals surface area (Å²) in [5, 5.41) is 19.8. The Hall–Kier alpha value is -3.60. The SMILES string of the molecule is C[C@@H](n1ccc(-c2ccccc2C(F)(F)F)n1)[C@](O)(Cn1cncn1)c1ccc(F)cc1F. The first kappa shape index (κ1) is 22.6. The average Bonchev–Trinajstić information content (AvgIpc) is 3.44. The zero-order valence-corrected chi connectivity index (χ0v) is 17.2. The van der Waals surface area contributed by atoms with Gasteiger partial charge in [0.25, 0.3) is 0 Å². The van der Waals surface area contributed by atoms with E-state index in [2.05, 4.69) is 15.2 Å². The monoisotopic (exact) mass is 463 g/mol. The lowest BCUT2D eigenvalue weighted by atomic mass is 9.86. The van der Waals surface area contributed by atoms with Gasteiger partial charge in [0.1, 0.15) is 29.9 Å². The van der Waals surface area contributed by atoms with Gasteiger partial charge in [0.15, 0.2) is 0 Å². The summed E-state index contributed by atoms with van der Waals surface area (Å²) in [6.45, 7) is 1.25. The molecular formula is C22H18F5N5O. The van der Waals surface area contributed by atoms with E-state index in [-0.39, 0.29) is 23.4 Å². The topological polar surface area (TPSA) is 68.8 Å². The van der Waals surface area contributed by atoms with Gasteiger partial charge in [-0.1, -0.05) is 24.3 Å². The Morgan fingerprint density at radius 3 is 2.45 bits per heavy atom. The number of aliphatic hydroxyl groups is 1. The zero-order chi connectivity index (χ0) is 23.8. The quantitative estimate of drug-likeness (QED) is 0.425. The van der Waals surface area contributed by atoms with Crippen LogP contribution in [-0.2, 0) is 18.3 Å². The Kier molecular flexibility index (Phi) is 5.75. The van der Waals surface area contributed by atoms with E-state index in [0.717, 1.165) is 18.2 Å². The molecule has 0 saturated carbocycles. The fourth-order valence-corrected chi connectivity index (χ4v) is 3.71. The smallest absolute Gasteiger partial charge is 0.381 e. The molecule has 0 aliphatic heterocycles. The van der Waals surface area contributed by atoms with Gasteiger partial charge in [-0.05, 0) is 25.1 Å². The molecule has 0 radical (unpaired) electrons. The lowest BCUT2D eigenvalue weighted by Crippen LogP contribution is -2.40. The van der Waals surface area contributed by atoms with Crippen LogP contribution in [0.2, 0.25) is 0 Å². The molecule has 0 unspecified atom stereocenters.